The average Bonchev–Trinajstić information content (AvgIpc) is 3.12. The lowest BCUT2D eigenvalue weighted by atomic mass is 10.1. The molecule has 4 rings (SSSR count). The lowest BCUT2D eigenvalue weighted by molar-refractivity contribution is -0.385. The molecule has 1 heterocycles. The van der Waals surface area contributed by atoms with Gasteiger partial charge >= 0.3 is 10.1 Å². The molecule has 0 bridgehead atoms. The molecule has 0 aromatic heterocycles. The number of para-hydroxylation sites is 1. The molecule has 37 heavy (non-hydrogen) atoms. The van der Waals surface area contributed by atoms with Crippen molar-refractivity contribution in [2.24, 2.45) is 0 Å². The van der Waals surface area contributed by atoms with Gasteiger partial charge in [0.2, 0.25) is 0 Å². The van der Waals surface area contributed by atoms with E-state index < -0.39 is 32.0 Å². The second kappa shape index (κ2) is 10.4. The SMILES string of the molecule is COc1cc(/C=C2\SC(=O)N(Cc3ccccc3[N+](=O)[O-])C2=O)ccc1OS(=O)(=O)c1ccc(F)cc1. The number of amides is 2. The van der Waals surface area contributed by atoms with E-state index in [4.69, 9.17) is 8.92 Å². The van der Waals surface area contributed by atoms with Crippen LogP contribution >= 0.6 is 11.8 Å². The van der Waals surface area contributed by atoms with E-state index in [1.54, 1.807) is 6.07 Å². The Morgan fingerprint density at radius 1 is 1.05 bits per heavy atom. The summed E-state index contributed by atoms with van der Waals surface area (Å²) in [6.07, 6.45) is 1.41. The highest BCUT2D eigenvalue weighted by atomic mass is 32.2. The van der Waals surface area contributed by atoms with Gasteiger partial charge < -0.3 is 8.92 Å². The summed E-state index contributed by atoms with van der Waals surface area (Å²) in [5.74, 6) is -1.36. The minimum atomic E-state index is -4.28. The van der Waals surface area contributed by atoms with E-state index in [9.17, 15) is 32.5 Å². The Hall–Kier alpha value is -4.23. The van der Waals surface area contributed by atoms with Gasteiger partial charge in [-0.05, 0) is 59.8 Å². The molecule has 3 aromatic rings. The van der Waals surface area contributed by atoms with Crippen LogP contribution in [0.15, 0.2) is 76.5 Å². The molecule has 0 saturated carbocycles. The number of thioether (sulfide) groups is 1. The molecule has 3 aromatic carbocycles. The van der Waals surface area contributed by atoms with Crippen molar-refractivity contribution in [2.45, 2.75) is 11.4 Å². The number of nitro benzene ring substituents is 1. The first-order valence-electron chi connectivity index (χ1n) is 10.4. The molecule has 0 atom stereocenters. The molecule has 0 N–H and O–H groups in total. The fourth-order valence-corrected chi connectivity index (χ4v) is 5.17. The van der Waals surface area contributed by atoms with Crippen LogP contribution in [0, 0.1) is 15.9 Å². The second-order valence-electron chi connectivity index (χ2n) is 7.56. The van der Waals surface area contributed by atoms with Gasteiger partial charge in [-0.1, -0.05) is 24.3 Å². The Kier molecular flexibility index (Phi) is 7.27. The zero-order chi connectivity index (χ0) is 26.7. The molecule has 10 nitrogen and oxygen atoms in total. The van der Waals surface area contributed by atoms with Gasteiger partial charge in [-0.2, -0.15) is 8.42 Å². The van der Waals surface area contributed by atoms with Gasteiger partial charge in [0.15, 0.2) is 11.5 Å². The van der Waals surface area contributed by atoms with Crippen molar-refractivity contribution in [2.75, 3.05) is 7.11 Å². The predicted octanol–water partition coefficient (Wildman–Crippen LogP) is 4.75. The molecule has 13 heteroatoms. The summed E-state index contributed by atoms with van der Waals surface area (Å²) >= 11 is 0.666. The molecule has 1 saturated heterocycles. The normalized spacial score (nSPS) is 14.8. The zero-order valence-corrected chi connectivity index (χ0v) is 20.6. The van der Waals surface area contributed by atoms with Crippen molar-refractivity contribution >= 4 is 44.8 Å². The molecule has 0 radical (unpaired) electrons. The summed E-state index contributed by atoms with van der Waals surface area (Å²) in [7, 11) is -2.99. The number of hydrogen-bond donors (Lipinski definition) is 0. The third kappa shape index (κ3) is 5.62. The van der Waals surface area contributed by atoms with Crippen LogP contribution in [0.2, 0.25) is 0 Å². The van der Waals surface area contributed by atoms with Crippen molar-refractivity contribution in [3.63, 3.8) is 0 Å². The van der Waals surface area contributed by atoms with E-state index >= 15 is 0 Å². The highest BCUT2D eigenvalue weighted by Crippen LogP contribution is 2.36. The van der Waals surface area contributed by atoms with Crippen LogP contribution in [0.25, 0.3) is 6.08 Å². The first kappa shape index (κ1) is 25.9. The maximum atomic E-state index is 13.1. The zero-order valence-electron chi connectivity index (χ0n) is 19.0. The molecule has 0 aliphatic carbocycles. The number of halogens is 1. The van der Waals surface area contributed by atoms with Crippen LogP contribution in [0.5, 0.6) is 11.5 Å². The predicted molar refractivity (Wildman–Crippen MR) is 132 cm³/mol. The van der Waals surface area contributed by atoms with Crippen molar-refractivity contribution in [3.05, 3.63) is 98.7 Å². The Morgan fingerprint density at radius 2 is 1.76 bits per heavy atom. The first-order chi connectivity index (χ1) is 17.6. The smallest absolute Gasteiger partial charge is 0.339 e. The monoisotopic (exact) mass is 544 g/mol. The first-order valence-corrected chi connectivity index (χ1v) is 12.7. The van der Waals surface area contributed by atoms with Gasteiger partial charge in [0, 0.05) is 11.6 Å². The molecular weight excluding hydrogens is 527 g/mol. The molecule has 0 spiro atoms. The molecule has 1 aliphatic heterocycles. The third-order valence-corrected chi connectivity index (χ3v) is 7.33. The number of carbonyl (C=O) groups excluding carboxylic acids is 2. The summed E-state index contributed by atoms with van der Waals surface area (Å²) < 4.78 is 48.6. The summed E-state index contributed by atoms with van der Waals surface area (Å²) in [5, 5.41) is 10.7. The minimum absolute atomic E-state index is 0.0265. The topological polar surface area (TPSA) is 133 Å². The van der Waals surface area contributed by atoms with Gasteiger partial charge in [-0.15, -0.1) is 0 Å². The number of hydrogen-bond acceptors (Lipinski definition) is 9. The molecule has 1 aliphatic rings. The number of imide groups is 1. The van der Waals surface area contributed by atoms with E-state index in [2.05, 4.69) is 0 Å². The number of benzene rings is 3. The summed E-state index contributed by atoms with van der Waals surface area (Å²) in [6.45, 7) is -0.267. The highest BCUT2D eigenvalue weighted by Gasteiger charge is 2.36. The van der Waals surface area contributed by atoms with E-state index in [1.165, 1.54) is 49.6 Å². The van der Waals surface area contributed by atoms with Crippen LogP contribution in [0.4, 0.5) is 14.9 Å². The van der Waals surface area contributed by atoms with Crippen LogP contribution in [0.3, 0.4) is 0 Å². The quantitative estimate of drug-likeness (QED) is 0.170. The molecule has 2 amide bonds. The molecular formula is C24H17FN2O8S2. The maximum absolute atomic E-state index is 13.1. The Morgan fingerprint density at radius 3 is 2.43 bits per heavy atom. The minimum Gasteiger partial charge on any atom is -0.493 e. The Bertz CT molecular complexity index is 1540. The van der Waals surface area contributed by atoms with E-state index in [1.807, 2.05) is 0 Å². The fourth-order valence-electron chi connectivity index (χ4n) is 3.39. The number of nitro groups is 1. The largest absolute Gasteiger partial charge is 0.493 e. The summed E-state index contributed by atoms with van der Waals surface area (Å²) in [5.41, 5.74) is 0.405. The highest BCUT2D eigenvalue weighted by molar-refractivity contribution is 8.18. The standard InChI is InChI=1S/C24H17FN2O8S2/c1-34-21-12-15(6-11-20(21)35-37(32,33)18-9-7-17(25)8-10-18)13-22-23(28)26(24(29)36-22)14-16-4-2-3-5-19(16)27(30)31/h2-13H,14H2,1H3/b22-13-. The van der Waals surface area contributed by atoms with Gasteiger partial charge in [-0.3, -0.25) is 24.6 Å². The van der Waals surface area contributed by atoms with Gasteiger partial charge in [0.1, 0.15) is 10.7 Å². The number of methoxy groups -OCH3 is 1. The van der Waals surface area contributed by atoms with Gasteiger partial charge in [0.05, 0.1) is 23.5 Å². The number of carbonyl (C=O) groups is 2. The second-order valence-corrected chi connectivity index (χ2v) is 10.1. The number of rotatable bonds is 8. The van der Waals surface area contributed by atoms with Crippen LogP contribution in [-0.2, 0) is 21.5 Å². The van der Waals surface area contributed by atoms with E-state index in [0.717, 1.165) is 29.2 Å². The molecule has 190 valence electrons. The molecule has 0 unspecified atom stereocenters. The van der Waals surface area contributed by atoms with Crippen molar-refractivity contribution in [3.8, 4) is 11.5 Å². The Balaban J connectivity index is 1.56. The lowest BCUT2D eigenvalue weighted by Gasteiger charge is -2.12. The van der Waals surface area contributed by atoms with Crippen molar-refractivity contribution in [1.29, 1.82) is 0 Å². The third-order valence-electron chi connectivity index (χ3n) is 5.18. The van der Waals surface area contributed by atoms with E-state index in [-0.39, 0.29) is 39.1 Å². The van der Waals surface area contributed by atoms with Crippen molar-refractivity contribution in [1.82, 2.24) is 4.90 Å². The van der Waals surface area contributed by atoms with Gasteiger partial charge in [-0.25, -0.2) is 4.39 Å². The van der Waals surface area contributed by atoms with E-state index in [0.29, 0.717) is 17.3 Å². The maximum Gasteiger partial charge on any atom is 0.339 e. The number of nitrogens with zero attached hydrogens (tertiary/aromatic N) is 2. The van der Waals surface area contributed by atoms with Crippen LogP contribution in [-0.4, -0.2) is 36.5 Å². The summed E-state index contributed by atoms with van der Waals surface area (Å²) in [4.78, 5) is 36.8. The lowest BCUT2D eigenvalue weighted by Crippen LogP contribution is -2.27. The number of ether oxygens (including phenoxy) is 1. The fraction of sp³-hybridized carbons (Fsp3) is 0.0833. The molecule has 1 fully saturated rings. The average molecular weight is 545 g/mol. The van der Waals surface area contributed by atoms with Crippen LogP contribution in [0.1, 0.15) is 11.1 Å². The van der Waals surface area contributed by atoms with Gasteiger partial charge in [0.25, 0.3) is 16.8 Å². The summed E-state index contributed by atoms with van der Waals surface area (Å²) in [6, 6.07) is 14.1. The van der Waals surface area contributed by atoms with Crippen molar-refractivity contribution < 1.29 is 36.2 Å². The Labute approximate surface area is 214 Å². The van der Waals surface area contributed by atoms with Crippen LogP contribution < -0.4 is 8.92 Å².